The summed E-state index contributed by atoms with van der Waals surface area (Å²) in [6.07, 6.45) is -1.60. The molecule has 40 heavy (non-hydrogen) atoms. The van der Waals surface area contributed by atoms with Crippen molar-refractivity contribution in [1.29, 1.82) is 0 Å². The molecule has 2 aliphatic rings. The number of amides is 2. The first-order valence-corrected chi connectivity index (χ1v) is 13.1. The number of benzene rings is 3. The highest BCUT2D eigenvalue weighted by atomic mass is 19.1. The number of nitrogens with zero attached hydrogens (tertiary/aromatic N) is 3. The quantitative estimate of drug-likeness (QED) is 0.355. The number of para-hydroxylation sites is 1. The highest BCUT2D eigenvalue weighted by Gasteiger charge is 2.40. The lowest BCUT2D eigenvalue weighted by atomic mass is 9.99. The summed E-state index contributed by atoms with van der Waals surface area (Å²) < 4.78 is 31.5. The summed E-state index contributed by atoms with van der Waals surface area (Å²) in [7, 11) is 0. The van der Waals surface area contributed by atoms with Crippen LogP contribution in [-0.2, 0) is 29.2 Å². The van der Waals surface area contributed by atoms with E-state index in [-0.39, 0.29) is 36.7 Å². The maximum Gasteiger partial charge on any atom is 0.247 e. The van der Waals surface area contributed by atoms with Crippen LogP contribution in [0.1, 0.15) is 35.0 Å². The SMILES string of the molecule is CC(=O)c1nn(CC(=O)N2C[C@H](F)C[C@H]2C(=O)Nc2cccc(-c3ccc4c(c3)CNC4)c2F)c2ccccc12. The molecule has 6 rings (SSSR count). The van der Waals surface area contributed by atoms with E-state index >= 15 is 4.39 Å². The molecule has 10 heteroatoms. The molecule has 0 aliphatic carbocycles. The standard InChI is InChI=1S/C30H27F2N5O3/c1-17(38)29-23-5-2-3-8-25(23)37(35-29)16-27(39)36-15-21(31)12-26(36)30(40)34-24-7-4-6-22(28(24)32)18-9-10-19-13-33-14-20(19)11-18/h2-11,21,26,33H,12-16H2,1H3,(H,34,40)/t21-,26+/m1/s1. The van der Waals surface area contributed by atoms with Crippen molar-refractivity contribution in [1.82, 2.24) is 20.0 Å². The van der Waals surface area contributed by atoms with Crippen molar-refractivity contribution >= 4 is 34.2 Å². The summed E-state index contributed by atoms with van der Waals surface area (Å²) in [4.78, 5) is 39.8. The van der Waals surface area contributed by atoms with Crippen molar-refractivity contribution in [2.75, 3.05) is 11.9 Å². The number of alkyl halides is 1. The van der Waals surface area contributed by atoms with Crippen LogP contribution in [0.2, 0.25) is 0 Å². The number of Topliss-reactive ketones (excluding diaryl/α,β-unsaturated/α-hetero) is 1. The first-order valence-electron chi connectivity index (χ1n) is 13.1. The summed E-state index contributed by atoms with van der Waals surface area (Å²) in [5, 5.41) is 10.7. The van der Waals surface area contributed by atoms with E-state index in [2.05, 4.69) is 15.7 Å². The molecular weight excluding hydrogens is 516 g/mol. The fraction of sp³-hybridized carbons (Fsp3) is 0.267. The van der Waals surface area contributed by atoms with E-state index in [4.69, 9.17) is 0 Å². The van der Waals surface area contributed by atoms with Crippen LogP contribution >= 0.6 is 0 Å². The van der Waals surface area contributed by atoms with Crippen LogP contribution < -0.4 is 10.6 Å². The molecule has 8 nitrogen and oxygen atoms in total. The Bertz CT molecular complexity index is 1670. The summed E-state index contributed by atoms with van der Waals surface area (Å²) >= 11 is 0. The Morgan fingerprint density at radius 3 is 2.67 bits per heavy atom. The van der Waals surface area contributed by atoms with Gasteiger partial charge in [-0.1, -0.05) is 42.5 Å². The molecule has 1 aromatic heterocycles. The van der Waals surface area contributed by atoms with E-state index in [1.807, 2.05) is 18.2 Å². The maximum absolute atomic E-state index is 15.6. The number of hydrogen-bond donors (Lipinski definition) is 2. The molecule has 4 aromatic rings. The number of fused-ring (bicyclic) bond motifs is 2. The zero-order chi connectivity index (χ0) is 28.0. The number of likely N-dealkylation sites (tertiary alicyclic amines) is 1. The largest absolute Gasteiger partial charge is 0.326 e. The minimum Gasteiger partial charge on any atom is -0.326 e. The molecule has 2 amide bonds. The van der Waals surface area contributed by atoms with Gasteiger partial charge in [0.05, 0.1) is 17.7 Å². The molecule has 1 fully saturated rings. The number of aromatic nitrogens is 2. The normalized spacial score (nSPS) is 18.2. The number of ketones is 1. The third-order valence-electron chi connectivity index (χ3n) is 7.55. The van der Waals surface area contributed by atoms with E-state index in [9.17, 15) is 18.8 Å². The predicted molar refractivity (Wildman–Crippen MR) is 146 cm³/mol. The Morgan fingerprint density at radius 2 is 1.85 bits per heavy atom. The topological polar surface area (TPSA) is 96.3 Å². The Kier molecular flexibility index (Phi) is 6.63. The van der Waals surface area contributed by atoms with Crippen LogP contribution in [0.3, 0.4) is 0 Å². The van der Waals surface area contributed by atoms with Gasteiger partial charge in [0.25, 0.3) is 0 Å². The van der Waals surface area contributed by atoms with Gasteiger partial charge in [-0.25, -0.2) is 8.78 Å². The molecule has 0 bridgehead atoms. The number of carbonyl (C=O) groups excluding carboxylic acids is 3. The molecule has 1 saturated heterocycles. The Balaban J connectivity index is 1.22. The van der Waals surface area contributed by atoms with Gasteiger partial charge in [-0.05, 0) is 34.9 Å². The molecule has 3 aromatic carbocycles. The van der Waals surface area contributed by atoms with Crippen molar-refractivity contribution in [3.63, 3.8) is 0 Å². The Labute approximate surface area is 229 Å². The van der Waals surface area contributed by atoms with Gasteiger partial charge in [0, 0.05) is 37.4 Å². The smallest absolute Gasteiger partial charge is 0.247 e. The third kappa shape index (κ3) is 4.64. The fourth-order valence-electron chi connectivity index (χ4n) is 5.57. The molecule has 204 valence electrons. The molecule has 2 atom stereocenters. The first-order chi connectivity index (χ1) is 19.3. The van der Waals surface area contributed by atoms with E-state index in [1.54, 1.807) is 36.4 Å². The molecule has 0 unspecified atom stereocenters. The van der Waals surface area contributed by atoms with Gasteiger partial charge >= 0.3 is 0 Å². The average molecular weight is 544 g/mol. The molecule has 0 spiro atoms. The van der Waals surface area contributed by atoms with Gasteiger partial charge in [-0.15, -0.1) is 0 Å². The van der Waals surface area contributed by atoms with Gasteiger partial charge < -0.3 is 15.5 Å². The summed E-state index contributed by atoms with van der Waals surface area (Å²) in [6.45, 7) is 2.34. The van der Waals surface area contributed by atoms with Crippen LogP contribution in [0.25, 0.3) is 22.0 Å². The average Bonchev–Trinajstić information content (AvgIpc) is 3.66. The van der Waals surface area contributed by atoms with Crippen molar-refractivity contribution in [3.05, 3.63) is 83.3 Å². The fourth-order valence-corrected chi connectivity index (χ4v) is 5.57. The molecule has 0 radical (unpaired) electrons. The molecule has 0 saturated carbocycles. The minimum absolute atomic E-state index is 0.0417. The molecular formula is C30H27F2N5O3. The second-order valence-electron chi connectivity index (χ2n) is 10.2. The summed E-state index contributed by atoms with van der Waals surface area (Å²) in [5.41, 5.74) is 4.06. The van der Waals surface area contributed by atoms with E-state index in [0.717, 1.165) is 12.1 Å². The van der Waals surface area contributed by atoms with Crippen molar-refractivity contribution < 1.29 is 23.2 Å². The van der Waals surface area contributed by atoms with Gasteiger partial charge in [0.2, 0.25) is 11.8 Å². The first kappa shape index (κ1) is 25.8. The number of halogens is 2. The monoisotopic (exact) mass is 543 g/mol. The molecule has 2 aliphatic heterocycles. The number of carbonyl (C=O) groups is 3. The zero-order valence-electron chi connectivity index (χ0n) is 21.8. The van der Waals surface area contributed by atoms with Crippen molar-refractivity contribution in [3.8, 4) is 11.1 Å². The number of nitrogens with one attached hydrogen (secondary N) is 2. The Morgan fingerprint density at radius 1 is 1.05 bits per heavy atom. The lowest BCUT2D eigenvalue weighted by Crippen LogP contribution is -2.44. The van der Waals surface area contributed by atoms with Gasteiger partial charge in [-0.3, -0.25) is 19.1 Å². The maximum atomic E-state index is 15.6. The highest BCUT2D eigenvalue weighted by molar-refractivity contribution is 6.05. The number of anilines is 1. The Hall–Kier alpha value is -4.44. The summed E-state index contributed by atoms with van der Waals surface area (Å²) in [5.74, 6) is -2.04. The third-order valence-corrected chi connectivity index (χ3v) is 7.55. The van der Waals surface area contributed by atoms with Gasteiger partial charge in [-0.2, -0.15) is 5.10 Å². The molecule has 2 N–H and O–H groups in total. The number of rotatable bonds is 6. The van der Waals surface area contributed by atoms with Crippen LogP contribution in [0.15, 0.2) is 60.7 Å². The lowest BCUT2D eigenvalue weighted by molar-refractivity contribution is -0.137. The molecule has 3 heterocycles. The van der Waals surface area contributed by atoms with Crippen LogP contribution in [0.5, 0.6) is 0 Å². The second-order valence-corrected chi connectivity index (χ2v) is 10.2. The van der Waals surface area contributed by atoms with E-state index < -0.39 is 29.8 Å². The predicted octanol–water partition coefficient (Wildman–Crippen LogP) is 4.23. The number of hydrogen-bond acceptors (Lipinski definition) is 5. The van der Waals surface area contributed by atoms with Gasteiger partial charge in [0.1, 0.15) is 24.5 Å². The van der Waals surface area contributed by atoms with Crippen LogP contribution in [0.4, 0.5) is 14.5 Å². The van der Waals surface area contributed by atoms with Crippen LogP contribution in [-0.4, -0.2) is 51.0 Å². The van der Waals surface area contributed by atoms with Gasteiger partial charge in [0.15, 0.2) is 11.6 Å². The summed E-state index contributed by atoms with van der Waals surface area (Å²) in [6, 6.07) is 16.4. The zero-order valence-corrected chi connectivity index (χ0v) is 21.8. The lowest BCUT2D eigenvalue weighted by Gasteiger charge is -2.24. The van der Waals surface area contributed by atoms with Crippen molar-refractivity contribution in [2.45, 2.75) is 45.2 Å². The van der Waals surface area contributed by atoms with Crippen LogP contribution in [0, 0.1) is 5.82 Å². The highest BCUT2D eigenvalue weighted by Crippen LogP contribution is 2.31. The van der Waals surface area contributed by atoms with E-state index in [1.165, 1.54) is 28.1 Å². The van der Waals surface area contributed by atoms with Crippen molar-refractivity contribution in [2.24, 2.45) is 0 Å². The minimum atomic E-state index is -1.40. The second kappa shape index (κ2) is 10.3. The van der Waals surface area contributed by atoms with E-state index in [0.29, 0.717) is 28.6 Å².